The van der Waals surface area contributed by atoms with Gasteiger partial charge < -0.3 is 10.4 Å². The molecule has 1 aliphatic rings. The Bertz CT molecular complexity index is 463. The predicted molar refractivity (Wildman–Crippen MR) is 75.6 cm³/mol. The number of nitrogens with one attached hydrogen (secondary N) is 1. The predicted octanol–water partition coefficient (Wildman–Crippen LogP) is 3.08. The quantitative estimate of drug-likeness (QED) is 0.828. The van der Waals surface area contributed by atoms with Gasteiger partial charge in [-0.25, -0.2) is 9.78 Å². The Balaban J connectivity index is 1.85. The summed E-state index contributed by atoms with van der Waals surface area (Å²) in [6.45, 7) is 0. The van der Waals surface area contributed by atoms with Gasteiger partial charge in [-0.2, -0.15) is 0 Å². The van der Waals surface area contributed by atoms with E-state index in [9.17, 15) is 9.59 Å². The average molecular weight is 276 g/mol. The first-order valence-electron chi connectivity index (χ1n) is 7.14. The zero-order chi connectivity index (χ0) is 14.4. The van der Waals surface area contributed by atoms with Crippen molar-refractivity contribution in [2.45, 2.75) is 44.9 Å². The molecule has 1 aromatic heterocycles. The van der Waals surface area contributed by atoms with Gasteiger partial charge in [0.25, 0.3) is 0 Å². The maximum atomic E-state index is 11.9. The van der Waals surface area contributed by atoms with Gasteiger partial charge >= 0.3 is 5.97 Å². The summed E-state index contributed by atoms with van der Waals surface area (Å²) >= 11 is 0. The van der Waals surface area contributed by atoms with Gasteiger partial charge in [0.05, 0.1) is 5.56 Å². The molecule has 0 atom stereocenters. The minimum absolute atomic E-state index is 0.0347. The van der Waals surface area contributed by atoms with Crippen LogP contribution in [0.2, 0.25) is 0 Å². The number of aromatic nitrogens is 1. The van der Waals surface area contributed by atoms with Gasteiger partial charge in [0.15, 0.2) is 0 Å². The first kappa shape index (κ1) is 14.5. The van der Waals surface area contributed by atoms with Gasteiger partial charge in [-0.1, -0.05) is 25.7 Å². The zero-order valence-electron chi connectivity index (χ0n) is 11.5. The molecule has 5 heteroatoms. The Hall–Kier alpha value is -1.91. The van der Waals surface area contributed by atoms with Crippen LogP contribution in [0.15, 0.2) is 18.3 Å². The number of nitrogens with zero attached hydrogens (tertiary/aromatic N) is 1. The smallest absolute Gasteiger partial charge is 0.337 e. The van der Waals surface area contributed by atoms with Crippen LogP contribution in [0, 0.1) is 5.92 Å². The third kappa shape index (κ3) is 4.33. The molecule has 108 valence electrons. The number of carbonyl (C=O) groups is 2. The first-order valence-corrected chi connectivity index (χ1v) is 7.14. The molecular formula is C15H20N2O3. The highest BCUT2D eigenvalue weighted by molar-refractivity contribution is 5.91. The van der Waals surface area contributed by atoms with Crippen LogP contribution in [-0.4, -0.2) is 22.0 Å². The van der Waals surface area contributed by atoms with Crippen molar-refractivity contribution in [3.63, 3.8) is 0 Å². The number of carboxylic acid groups (broad SMARTS) is 1. The van der Waals surface area contributed by atoms with E-state index in [1.54, 1.807) is 0 Å². The lowest BCUT2D eigenvalue weighted by molar-refractivity contribution is -0.117. The number of amides is 1. The summed E-state index contributed by atoms with van der Waals surface area (Å²) in [5, 5.41) is 11.5. The van der Waals surface area contributed by atoms with Crippen molar-refractivity contribution in [1.29, 1.82) is 0 Å². The molecule has 0 spiro atoms. The van der Waals surface area contributed by atoms with E-state index >= 15 is 0 Å². The van der Waals surface area contributed by atoms with Crippen LogP contribution in [0.3, 0.4) is 0 Å². The monoisotopic (exact) mass is 276 g/mol. The van der Waals surface area contributed by atoms with Gasteiger partial charge in [-0.05, 0) is 30.9 Å². The van der Waals surface area contributed by atoms with Crippen molar-refractivity contribution in [2.24, 2.45) is 5.92 Å². The van der Waals surface area contributed by atoms with Crippen LogP contribution >= 0.6 is 0 Å². The summed E-state index contributed by atoms with van der Waals surface area (Å²) in [7, 11) is 0. The molecule has 2 rings (SSSR count). The summed E-state index contributed by atoms with van der Waals surface area (Å²) in [6, 6.07) is 2.96. The van der Waals surface area contributed by atoms with Crippen molar-refractivity contribution < 1.29 is 14.7 Å². The Morgan fingerprint density at radius 1 is 1.20 bits per heavy atom. The van der Waals surface area contributed by atoms with Crippen LogP contribution in [-0.2, 0) is 4.79 Å². The SMILES string of the molecule is O=C(CC1CCCCCC1)Nc1ccc(C(=O)O)cn1. The molecule has 1 amide bonds. The van der Waals surface area contributed by atoms with Crippen LogP contribution in [0.1, 0.15) is 55.3 Å². The molecule has 0 radical (unpaired) electrons. The lowest BCUT2D eigenvalue weighted by Crippen LogP contribution is -2.17. The van der Waals surface area contributed by atoms with E-state index in [0.717, 1.165) is 12.8 Å². The van der Waals surface area contributed by atoms with Crippen molar-refractivity contribution >= 4 is 17.7 Å². The molecule has 1 aromatic rings. The highest BCUT2D eigenvalue weighted by atomic mass is 16.4. The van der Waals surface area contributed by atoms with E-state index < -0.39 is 5.97 Å². The van der Waals surface area contributed by atoms with Crippen molar-refractivity contribution in [1.82, 2.24) is 4.98 Å². The molecular weight excluding hydrogens is 256 g/mol. The second-order valence-electron chi connectivity index (χ2n) is 5.35. The molecule has 1 saturated carbocycles. The van der Waals surface area contributed by atoms with E-state index in [4.69, 9.17) is 5.11 Å². The van der Waals surface area contributed by atoms with Crippen LogP contribution < -0.4 is 5.32 Å². The highest BCUT2D eigenvalue weighted by Gasteiger charge is 2.16. The molecule has 1 fully saturated rings. The summed E-state index contributed by atoms with van der Waals surface area (Å²) in [5.41, 5.74) is 0.117. The standard InChI is InChI=1S/C15H20N2O3/c18-14(9-11-5-3-1-2-4-6-11)17-13-8-7-12(10-16-13)15(19)20/h7-8,10-11H,1-6,9H2,(H,19,20)(H,16,17,18). The minimum Gasteiger partial charge on any atom is -0.478 e. The molecule has 20 heavy (non-hydrogen) atoms. The van der Waals surface area contributed by atoms with Gasteiger partial charge in [-0.3, -0.25) is 4.79 Å². The van der Waals surface area contributed by atoms with E-state index in [2.05, 4.69) is 10.3 Å². The summed E-state index contributed by atoms with van der Waals surface area (Å²) in [4.78, 5) is 26.6. The largest absolute Gasteiger partial charge is 0.478 e. The fraction of sp³-hybridized carbons (Fsp3) is 0.533. The van der Waals surface area contributed by atoms with Gasteiger partial charge in [-0.15, -0.1) is 0 Å². The third-order valence-electron chi connectivity index (χ3n) is 3.73. The number of rotatable bonds is 4. The number of carbonyl (C=O) groups excluding carboxylic acids is 1. The summed E-state index contributed by atoms with van der Waals surface area (Å²) in [5.74, 6) is -0.175. The minimum atomic E-state index is -1.02. The molecule has 0 aliphatic heterocycles. The molecule has 1 aliphatic carbocycles. The lowest BCUT2D eigenvalue weighted by atomic mass is 9.96. The number of hydrogen-bond donors (Lipinski definition) is 2. The highest BCUT2D eigenvalue weighted by Crippen LogP contribution is 2.25. The van der Waals surface area contributed by atoms with Gasteiger partial charge in [0, 0.05) is 12.6 Å². The molecule has 0 aromatic carbocycles. The zero-order valence-corrected chi connectivity index (χ0v) is 11.5. The van der Waals surface area contributed by atoms with Crippen molar-refractivity contribution in [3.05, 3.63) is 23.9 Å². The van der Waals surface area contributed by atoms with E-state index in [1.165, 1.54) is 44.0 Å². The topological polar surface area (TPSA) is 79.3 Å². The van der Waals surface area contributed by atoms with Crippen LogP contribution in [0.25, 0.3) is 0 Å². The maximum absolute atomic E-state index is 11.9. The summed E-state index contributed by atoms with van der Waals surface area (Å²) in [6.07, 6.45) is 9.00. The molecule has 5 nitrogen and oxygen atoms in total. The lowest BCUT2D eigenvalue weighted by Gasteiger charge is -2.13. The number of carboxylic acids is 1. The van der Waals surface area contributed by atoms with Crippen LogP contribution in [0.4, 0.5) is 5.82 Å². The number of anilines is 1. The molecule has 0 bridgehead atoms. The second kappa shape index (κ2) is 7.03. The summed E-state index contributed by atoms with van der Waals surface area (Å²) < 4.78 is 0. The Labute approximate surface area is 118 Å². The number of hydrogen-bond acceptors (Lipinski definition) is 3. The number of pyridine rings is 1. The fourth-order valence-electron chi connectivity index (χ4n) is 2.62. The van der Waals surface area contributed by atoms with Crippen molar-refractivity contribution in [2.75, 3.05) is 5.32 Å². The molecule has 0 unspecified atom stereocenters. The van der Waals surface area contributed by atoms with Gasteiger partial charge in [0.2, 0.25) is 5.91 Å². The van der Waals surface area contributed by atoms with E-state index in [-0.39, 0.29) is 11.5 Å². The maximum Gasteiger partial charge on any atom is 0.337 e. The Kier molecular flexibility index (Phi) is 5.09. The van der Waals surface area contributed by atoms with Crippen LogP contribution in [0.5, 0.6) is 0 Å². The normalized spacial score (nSPS) is 16.4. The Morgan fingerprint density at radius 3 is 2.45 bits per heavy atom. The van der Waals surface area contributed by atoms with Gasteiger partial charge in [0.1, 0.15) is 5.82 Å². The first-order chi connectivity index (χ1) is 9.65. The fourth-order valence-corrected chi connectivity index (χ4v) is 2.62. The molecule has 1 heterocycles. The van der Waals surface area contributed by atoms with E-state index in [1.807, 2.05) is 0 Å². The average Bonchev–Trinajstić information content (AvgIpc) is 2.68. The molecule has 0 saturated heterocycles. The second-order valence-corrected chi connectivity index (χ2v) is 5.35. The number of aromatic carboxylic acids is 1. The third-order valence-corrected chi connectivity index (χ3v) is 3.73. The van der Waals surface area contributed by atoms with Crippen molar-refractivity contribution in [3.8, 4) is 0 Å². The molecule has 2 N–H and O–H groups in total. The van der Waals surface area contributed by atoms with E-state index in [0.29, 0.717) is 18.2 Å². The Morgan fingerprint density at radius 2 is 1.90 bits per heavy atom.